The zero-order valence-electron chi connectivity index (χ0n) is 14.2. The van der Waals surface area contributed by atoms with Gasteiger partial charge in [0.2, 0.25) is 5.91 Å². The molecule has 1 aliphatic heterocycles. The number of carboxylic acids is 1. The summed E-state index contributed by atoms with van der Waals surface area (Å²) in [5.74, 6) is -0.184. The van der Waals surface area contributed by atoms with Crippen molar-refractivity contribution in [2.45, 2.75) is 32.1 Å². The van der Waals surface area contributed by atoms with Gasteiger partial charge >= 0.3 is 5.97 Å². The lowest BCUT2D eigenvalue weighted by Crippen LogP contribution is -2.39. The Morgan fingerprint density at radius 1 is 1.12 bits per heavy atom. The molecule has 1 N–H and O–H groups in total. The molecule has 2 heterocycles. The molecule has 0 saturated carbocycles. The number of aromatic carboxylic acids is 1. The van der Waals surface area contributed by atoms with Gasteiger partial charge in [-0.25, -0.2) is 4.79 Å². The average Bonchev–Trinajstić information content (AvgIpc) is 3.14. The number of thiophene rings is 1. The number of aryl methyl sites for hydroxylation is 1. The lowest BCUT2D eigenvalue weighted by Gasteiger charge is -2.32. The maximum absolute atomic E-state index is 12.4. The largest absolute Gasteiger partial charge is 0.478 e. The van der Waals surface area contributed by atoms with Gasteiger partial charge in [-0.3, -0.25) is 4.79 Å². The molecule has 132 valence electrons. The maximum atomic E-state index is 12.4. The molecule has 0 atom stereocenters. The van der Waals surface area contributed by atoms with Crippen LogP contribution >= 0.6 is 11.3 Å². The van der Waals surface area contributed by atoms with Crippen molar-refractivity contribution in [1.82, 2.24) is 4.90 Å². The fraction of sp³-hybridized carbons (Fsp3) is 0.400. The Kier molecular flexibility index (Phi) is 5.87. The molecule has 2 aromatic rings. The molecule has 0 aliphatic carbocycles. The summed E-state index contributed by atoms with van der Waals surface area (Å²) in [5, 5.41) is 11.3. The number of benzene rings is 1. The van der Waals surface area contributed by atoms with E-state index < -0.39 is 5.97 Å². The predicted octanol–water partition coefficient (Wildman–Crippen LogP) is 3.86. The van der Waals surface area contributed by atoms with Crippen molar-refractivity contribution in [3.8, 4) is 0 Å². The number of likely N-dealkylation sites (tertiary alicyclic amines) is 1. The third-order valence-corrected chi connectivity index (χ3v) is 5.83. The molecule has 0 unspecified atom stereocenters. The molecule has 1 saturated heterocycles. The van der Waals surface area contributed by atoms with Gasteiger partial charge < -0.3 is 10.0 Å². The Bertz CT molecular complexity index is 718. The highest BCUT2D eigenvalue weighted by molar-refractivity contribution is 7.09. The van der Waals surface area contributed by atoms with Crippen LogP contribution < -0.4 is 0 Å². The van der Waals surface area contributed by atoms with Gasteiger partial charge in [0.15, 0.2) is 0 Å². The number of hydrogen-bond donors (Lipinski definition) is 1. The molecule has 3 rings (SSSR count). The van der Waals surface area contributed by atoms with E-state index in [2.05, 4.69) is 6.07 Å². The van der Waals surface area contributed by atoms with E-state index in [0.29, 0.717) is 17.9 Å². The minimum absolute atomic E-state index is 0.234. The van der Waals surface area contributed by atoms with Gasteiger partial charge in [0.1, 0.15) is 0 Å². The van der Waals surface area contributed by atoms with E-state index >= 15 is 0 Å². The lowest BCUT2D eigenvalue weighted by atomic mass is 9.88. The monoisotopic (exact) mass is 357 g/mol. The highest BCUT2D eigenvalue weighted by Gasteiger charge is 2.24. The molecule has 1 amide bonds. The number of carbonyl (C=O) groups is 2. The fourth-order valence-electron chi connectivity index (χ4n) is 3.45. The minimum atomic E-state index is -0.864. The van der Waals surface area contributed by atoms with Crippen LogP contribution in [0.25, 0.3) is 0 Å². The summed E-state index contributed by atoms with van der Waals surface area (Å²) < 4.78 is 0. The third-order valence-electron chi connectivity index (χ3n) is 4.89. The van der Waals surface area contributed by atoms with E-state index in [0.717, 1.165) is 44.3 Å². The smallest absolute Gasteiger partial charge is 0.335 e. The number of carbonyl (C=O) groups excluding carboxylic acids is 1. The molecular weight excluding hydrogens is 334 g/mol. The van der Waals surface area contributed by atoms with Gasteiger partial charge in [-0.1, -0.05) is 24.3 Å². The van der Waals surface area contributed by atoms with Crippen LogP contribution in [0.4, 0.5) is 0 Å². The van der Waals surface area contributed by atoms with E-state index in [1.807, 2.05) is 28.5 Å². The third kappa shape index (κ3) is 4.69. The van der Waals surface area contributed by atoms with Crippen LogP contribution in [0.5, 0.6) is 0 Å². The topological polar surface area (TPSA) is 57.6 Å². The van der Waals surface area contributed by atoms with Crippen molar-refractivity contribution in [2.75, 3.05) is 13.1 Å². The summed E-state index contributed by atoms with van der Waals surface area (Å²) in [6.45, 7) is 1.56. The quantitative estimate of drug-likeness (QED) is 0.854. The van der Waals surface area contributed by atoms with Crippen LogP contribution in [0.1, 0.15) is 40.1 Å². The molecule has 1 aromatic heterocycles. The molecule has 1 aliphatic rings. The molecule has 5 heteroatoms. The predicted molar refractivity (Wildman–Crippen MR) is 99.0 cm³/mol. The van der Waals surface area contributed by atoms with E-state index in [4.69, 9.17) is 0 Å². The second-order valence-corrected chi connectivity index (χ2v) is 7.60. The van der Waals surface area contributed by atoms with Gasteiger partial charge in [0.05, 0.1) is 5.56 Å². The number of piperidine rings is 1. The highest BCUT2D eigenvalue weighted by atomic mass is 32.1. The number of nitrogens with zero attached hydrogens (tertiary/aromatic N) is 1. The van der Waals surface area contributed by atoms with Gasteiger partial charge in [-0.2, -0.15) is 0 Å². The molecular formula is C20H23NO3S. The van der Waals surface area contributed by atoms with Crippen LogP contribution in [-0.4, -0.2) is 35.0 Å². The number of carboxylic acid groups (broad SMARTS) is 1. The van der Waals surface area contributed by atoms with Crippen molar-refractivity contribution in [3.05, 3.63) is 57.8 Å². The van der Waals surface area contributed by atoms with Gasteiger partial charge in [-0.05, 0) is 54.7 Å². The second-order valence-electron chi connectivity index (χ2n) is 6.57. The Morgan fingerprint density at radius 3 is 2.56 bits per heavy atom. The summed E-state index contributed by atoms with van der Waals surface area (Å²) >= 11 is 1.70. The highest BCUT2D eigenvalue weighted by Crippen LogP contribution is 2.24. The molecule has 0 bridgehead atoms. The van der Waals surface area contributed by atoms with Crippen molar-refractivity contribution >= 4 is 23.2 Å². The zero-order chi connectivity index (χ0) is 17.6. The Morgan fingerprint density at radius 2 is 1.88 bits per heavy atom. The standard InChI is InChI=1S/C20H23NO3S/c22-19(8-7-17-5-3-13-25-17)21-11-9-15(10-12-21)14-16-4-1-2-6-18(16)20(23)24/h1-6,13,15H,7-12,14H2,(H,23,24). The first kappa shape index (κ1) is 17.7. The number of rotatable bonds is 6. The molecule has 25 heavy (non-hydrogen) atoms. The van der Waals surface area contributed by atoms with E-state index in [1.54, 1.807) is 23.5 Å². The van der Waals surface area contributed by atoms with Gasteiger partial charge in [0, 0.05) is 24.4 Å². The van der Waals surface area contributed by atoms with Gasteiger partial charge in [-0.15, -0.1) is 11.3 Å². The molecule has 0 spiro atoms. The fourth-order valence-corrected chi connectivity index (χ4v) is 4.16. The molecule has 1 aromatic carbocycles. The van der Waals surface area contributed by atoms with Crippen LogP contribution in [0.3, 0.4) is 0 Å². The summed E-state index contributed by atoms with van der Waals surface area (Å²) in [6, 6.07) is 11.3. The lowest BCUT2D eigenvalue weighted by molar-refractivity contribution is -0.132. The summed E-state index contributed by atoms with van der Waals surface area (Å²) in [4.78, 5) is 26.9. The summed E-state index contributed by atoms with van der Waals surface area (Å²) in [6.07, 6.45) is 4.06. The zero-order valence-corrected chi connectivity index (χ0v) is 15.0. The van der Waals surface area contributed by atoms with E-state index in [9.17, 15) is 14.7 Å². The first-order chi connectivity index (χ1) is 12.1. The van der Waals surface area contributed by atoms with Crippen LogP contribution in [-0.2, 0) is 17.6 Å². The second kappa shape index (κ2) is 8.30. The molecule has 1 fully saturated rings. The van der Waals surface area contributed by atoms with Gasteiger partial charge in [0.25, 0.3) is 0 Å². The Balaban J connectivity index is 1.49. The van der Waals surface area contributed by atoms with Crippen molar-refractivity contribution < 1.29 is 14.7 Å². The first-order valence-electron chi connectivity index (χ1n) is 8.75. The average molecular weight is 357 g/mol. The maximum Gasteiger partial charge on any atom is 0.335 e. The normalized spacial score (nSPS) is 15.3. The Labute approximate surface area is 152 Å². The van der Waals surface area contributed by atoms with Crippen molar-refractivity contribution in [1.29, 1.82) is 0 Å². The summed E-state index contributed by atoms with van der Waals surface area (Å²) in [5.41, 5.74) is 1.30. The summed E-state index contributed by atoms with van der Waals surface area (Å²) in [7, 11) is 0. The van der Waals surface area contributed by atoms with Crippen LogP contribution in [0, 0.1) is 5.92 Å². The number of hydrogen-bond acceptors (Lipinski definition) is 3. The van der Waals surface area contributed by atoms with E-state index in [1.165, 1.54) is 4.88 Å². The molecule has 0 radical (unpaired) electrons. The first-order valence-corrected chi connectivity index (χ1v) is 9.63. The minimum Gasteiger partial charge on any atom is -0.478 e. The number of amides is 1. The van der Waals surface area contributed by atoms with Crippen molar-refractivity contribution in [3.63, 3.8) is 0 Å². The van der Waals surface area contributed by atoms with Crippen molar-refractivity contribution in [2.24, 2.45) is 5.92 Å². The van der Waals surface area contributed by atoms with Crippen LogP contribution in [0.2, 0.25) is 0 Å². The van der Waals surface area contributed by atoms with E-state index in [-0.39, 0.29) is 5.91 Å². The molecule has 4 nitrogen and oxygen atoms in total. The Hall–Kier alpha value is -2.14. The van der Waals surface area contributed by atoms with Crippen LogP contribution in [0.15, 0.2) is 41.8 Å². The SMILES string of the molecule is O=C(O)c1ccccc1CC1CCN(C(=O)CCc2cccs2)CC1.